The molecule has 0 aliphatic heterocycles. The Labute approximate surface area is 114 Å². The van der Waals surface area contributed by atoms with E-state index in [9.17, 15) is 4.79 Å². The highest BCUT2D eigenvalue weighted by molar-refractivity contribution is 5.98. The van der Waals surface area contributed by atoms with E-state index in [2.05, 4.69) is 37.7 Å². The van der Waals surface area contributed by atoms with Gasteiger partial charge in [0.1, 0.15) is 6.10 Å². The first-order valence-corrected chi connectivity index (χ1v) is 6.76. The number of carbonyl (C=O) groups excluding carboxylic acids is 1. The van der Waals surface area contributed by atoms with E-state index >= 15 is 0 Å². The van der Waals surface area contributed by atoms with E-state index in [1.54, 1.807) is 13.3 Å². The maximum Gasteiger partial charge on any atom is 0.166 e. The molecular formula is C15H22N2O2. The number of ketones is 1. The fourth-order valence-corrected chi connectivity index (χ4v) is 2.66. The summed E-state index contributed by atoms with van der Waals surface area (Å²) in [4.78, 5) is 21.0. The van der Waals surface area contributed by atoms with Crippen LogP contribution in [0.25, 0.3) is 0 Å². The predicted molar refractivity (Wildman–Crippen MR) is 73.1 cm³/mol. The van der Waals surface area contributed by atoms with Crippen molar-refractivity contribution in [3.05, 3.63) is 23.3 Å². The summed E-state index contributed by atoms with van der Waals surface area (Å²) < 4.78 is 5.46. The summed E-state index contributed by atoms with van der Waals surface area (Å²) in [6.45, 7) is 8.36. The molecule has 19 heavy (non-hydrogen) atoms. The Bertz CT molecular complexity index is 495. The van der Waals surface area contributed by atoms with Crippen LogP contribution in [-0.2, 0) is 11.2 Å². The molecule has 1 aliphatic carbocycles. The molecule has 4 heteroatoms. The quantitative estimate of drug-likeness (QED) is 0.840. The van der Waals surface area contributed by atoms with Crippen molar-refractivity contribution in [3.8, 4) is 0 Å². The Morgan fingerprint density at radius 1 is 1.32 bits per heavy atom. The zero-order chi connectivity index (χ0) is 14.2. The molecule has 0 saturated carbocycles. The molecule has 0 fully saturated rings. The van der Waals surface area contributed by atoms with Gasteiger partial charge in [-0.15, -0.1) is 0 Å². The van der Waals surface area contributed by atoms with Crippen molar-refractivity contribution in [1.82, 2.24) is 9.97 Å². The van der Waals surface area contributed by atoms with Gasteiger partial charge in [-0.1, -0.05) is 27.7 Å². The van der Waals surface area contributed by atoms with E-state index < -0.39 is 0 Å². The smallest absolute Gasteiger partial charge is 0.166 e. The predicted octanol–water partition coefficient (Wildman–Crippen LogP) is 2.98. The average Bonchev–Trinajstić information content (AvgIpc) is 2.27. The number of fused-ring (bicyclic) bond motifs is 1. The summed E-state index contributed by atoms with van der Waals surface area (Å²) in [7, 11) is 1.67. The first-order valence-electron chi connectivity index (χ1n) is 6.76. The van der Waals surface area contributed by atoms with Gasteiger partial charge in [0.25, 0.3) is 0 Å². The van der Waals surface area contributed by atoms with Crippen LogP contribution < -0.4 is 0 Å². The summed E-state index contributed by atoms with van der Waals surface area (Å²) in [5.41, 5.74) is 1.53. The second-order valence-corrected chi connectivity index (χ2v) is 6.43. The van der Waals surface area contributed by atoms with Crippen LogP contribution in [-0.4, -0.2) is 22.9 Å². The molecule has 1 aromatic heterocycles. The second-order valence-electron chi connectivity index (χ2n) is 6.43. The minimum atomic E-state index is -0.120. The van der Waals surface area contributed by atoms with Gasteiger partial charge in [-0.2, -0.15) is 0 Å². The second kappa shape index (κ2) is 5.00. The molecule has 0 bridgehead atoms. The molecule has 1 unspecified atom stereocenters. The number of carbonyl (C=O) groups is 1. The van der Waals surface area contributed by atoms with Gasteiger partial charge in [-0.25, -0.2) is 9.97 Å². The van der Waals surface area contributed by atoms with Crippen LogP contribution in [0.5, 0.6) is 0 Å². The Morgan fingerprint density at radius 2 is 2.00 bits per heavy atom. The minimum Gasteiger partial charge on any atom is -0.373 e. The highest BCUT2D eigenvalue weighted by Gasteiger charge is 2.33. The number of methoxy groups -OCH3 is 1. The third-order valence-electron chi connectivity index (χ3n) is 3.59. The van der Waals surface area contributed by atoms with Gasteiger partial charge in [-0.05, 0) is 17.8 Å². The van der Waals surface area contributed by atoms with E-state index in [4.69, 9.17) is 4.74 Å². The van der Waals surface area contributed by atoms with E-state index in [1.165, 1.54) is 0 Å². The summed E-state index contributed by atoms with van der Waals surface area (Å²) in [6.07, 6.45) is 2.94. The van der Waals surface area contributed by atoms with Crippen molar-refractivity contribution in [2.24, 2.45) is 11.3 Å². The SMILES string of the molecule is COC(c1ncc2c(n1)CC(C)(C)CC2=O)C(C)C. The first-order chi connectivity index (χ1) is 8.84. The molecule has 1 aliphatic rings. The zero-order valence-electron chi connectivity index (χ0n) is 12.4. The standard InChI is InChI=1S/C15H22N2O2/c1-9(2)13(19-5)14-16-8-10-11(17-14)6-15(3,4)7-12(10)18/h8-9,13H,6-7H2,1-5H3. The molecule has 4 nitrogen and oxygen atoms in total. The monoisotopic (exact) mass is 262 g/mol. The van der Waals surface area contributed by atoms with Crippen LogP contribution >= 0.6 is 0 Å². The van der Waals surface area contributed by atoms with Crippen molar-refractivity contribution < 1.29 is 9.53 Å². The lowest BCUT2D eigenvalue weighted by molar-refractivity contribution is 0.0569. The molecule has 0 spiro atoms. The van der Waals surface area contributed by atoms with Gasteiger partial charge in [0.15, 0.2) is 11.6 Å². The van der Waals surface area contributed by atoms with Gasteiger partial charge in [0, 0.05) is 19.7 Å². The number of ether oxygens (including phenoxy) is 1. The van der Waals surface area contributed by atoms with E-state index in [1.807, 2.05) is 0 Å². The highest BCUT2D eigenvalue weighted by atomic mass is 16.5. The molecular weight excluding hydrogens is 240 g/mol. The third-order valence-corrected chi connectivity index (χ3v) is 3.59. The number of Topliss-reactive ketones (excluding diaryl/α,β-unsaturated/α-hetero) is 1. The molecule has 1 aromatic rings. The molecule has 0 amide bonds. The number of rotatable bonds is 3. The molecule has 0 N–H and O–H groups in total. The highest BCUT2D eigenvalue weighted by Crippen LogP contribution is 2.34. The summed E-state index contributed by atoms with van der Waals surface area (Å²) in [5.74, 6) is 1.13. The maximum absolute atomic E-state index is 12.1. The van der Waals surface area contributed by atoms with E-state index in [-0.39, 0.29) is 17.3 Å². The van der Waals surface area contributed by atoms with Crippen molar-refractivity contribution in [1.29, 1.82) is 0 Å². The largest absolute Gasteiger partial charge is 0.373 e. The van der Waals surface area contributed by atoms with Gasteiger partial charge >= 0.3 is 0 Å². The molecule has 0 saturated heterocycles. The van der Waals surface area contributed by atoms with Crippen LogP contribution in [0.2, 0.25) is 0 Å². The molecule has 0 aromatic carbocycles. The fraction of sp³-hybridized carbons (Fsp3) is 0.667. The Kier molecular flexibility index (Phi) is 3.72. The van der Waals surface area contributed by atoms with Crippen molar-refractivity contribution in [2.45, 2.75) is 46.6 Å². The number of aromatic nitrogens is 2. The van der Waals surface area contributed by atoms with Crippen LogP contribution in [0, 0.1) is 11.3 Å². The molecule has 104 valence electrons. The average molecular weight is 262 g/mol. The molecule has 1 atom stereocenters. The lowest BCUT2D eigenvalue weighted by atomic mass is 9.76. The summed E-state index contributed by atoms with van der Waals surface area (Å²) in [6, 6.07) is 0. The molecule has 0 radical (unpaired) electrons. The minimum absolute atomic E-state index is 0.0178. The Hall–Kier alpha value is -1.29. The molecule has 1 heterocycles. The van der Waals surface area contributed by atoms with Crippen LogP contribution in [0.4, 0.5) is 0 Å². The van der Waals surface area contributed by atoms with Crippen molar-refractivity contribution >= 4 is 5.78 Å². The lowest BCUT2D eigenvalue weighted by Gasteiger charge is -2.29. The fourth-order valence-electron chi connectivity index (χ4n) is 2.66. The summed E-state index contributed by atoms with van der Waals surface area (Å²) in [5, 5.41) is 0. The van der Waals surface area contributed by atoms with Crippen LogP contribution in [0.1, 0.15) is 62.1 Å². The third kappa shape index (κ3) is 2.84. The van der Waals surface area contributed by atoms with E-state index in [0.29, 0.717) is 23.7 Å². The number of nitrogens with zero attached hydrogens (tertiary/aromatic N) is 2. The van der Waals surface area contributed by atoms with E-state index in [0.717, 1.165) is 12.1 Å². The Morgan fingerprint density at radius 3 is 2.58 bits per heavy atom. The Balaban J connectivity index is 2.41. The zero-order valence-corrected chi connectivity index (χ0v) is 12.4. The van der Waals surface area contributed by atoms with Gasteiger partial charge < -0.3 is 4.74 Å². The molecule has 2 rings (SSSR count). The number of hydrogen-bond donors (Lipinski definition) is 0. The maximum atomic E-state index is 12.1. The van der Waals surface area contributed by atoms with Crippen LogP contribution in [0.3, 0.4) is 0 Å². The van der Waals surface area contributed by atoms with Gasteiger partial charge in [0.2, 0.25) is 0 Å². The normalized spacial score (nSPS) is 19.4. The van der Waals surface area contributed by atoms with Crippen molar-refractivity contribution in [2.75, 3.05) is 7.11 Å². The van der Waals surface area contributed by atoms with Crippen molar-refractivity contribution in [3.63, 3.8) is 0 Å². The lowest BCUT2D eigenvalue weighted by Crippen LogP contribution is -2.29. The first kappa shape index (κ1) is 14.1. The van der Waals surface area contributed by atoms with Gasteiger partial charge in [-0.3, -0.25) is 4.79 Å². The van der Waals surface area contributed by atoms with Crippen LogP contribution in [0.15, 0.2) is 6.20 Å². The van der Waals surface area contributed by atoms with Gasteiger partial charge in [0.05, 0.1) is 11.3 Å². The number of hydrogen-bond acceptors (Lipinski definition) is 4. The summed E-state index contributed by atoms with van der Waals surface area (Å²) >= 11 is 0. The topological polar surface area (TPSA) is 52.1 Å².